The van der Waals surface area contributed by atoms with Gasteiger partial charge in [0.25, 0.3) is 0 Å². The van der Waals surface area contributed by atoms with Crippen LogP contribution in [-0.2, 0) is 6.61 Å². The fraction of sp³-hybridized carbons (Fsp3) is 0.120. The highest BCUT2D eigenvalue weighted by molar-refractivity contribution is 5.89. The molecule has 0 radical (unpaired) electrons. The minimum absolute atomic E-state index is 0.327. The molecule has 0 atom stereocenters. The van der Waals surface area contributed by atoms with Crippen molar-refractivity contribution in [3.05, 3.63) is 90.1 Å². The number of furan rings is 1. The third-order valence-electron chi connectivity index (χ3n) is 5.50. The lowest BCUT2D eigenvalue weighted by molar-refractivity contribution is 0.270. The van der Waals surface area contributed by atoms with Crippen LogP contribution in [0.5, 0.6) is 5.75 Å². The summed E-state index contributed by atoms with van der Waals surface area (Å²) in [5.74, 6) is 2.60. The zero-order valence-corrected chi connectivity index (χ0v) is 18.1. The highest BCUT2D eigenvalue weighted by Gasteiger charge is 2.16. The van der Waals surface area contributed by atoms with Crippen molar-refractivity contribution in [2.75, 3.05) is 0 Å². The van der Waals surface area contributed by atoms with E-state index in [0.29, 0.717) is 29.6 Å². The van der Waals surface area contributed by atoms with Crippen LogP contribution >= 0.6 is 0 Å². The first kappa shape index (κ1) is 19.2. The number of aromatic nitrogens is 6. The van der Waals surface area contributed by atoms with E-state index in [2.05, 4.69) is 21.2 Å². The number of aryl methyl sites for hydroxylation is 2. The maximum absolute atomic E-state index is 5.97. The van der Waals surface area contributed by atoms with Gasteiger partial charge in [-0.05, 0) is 55.3 Å². The number of ether oxygens (including phenoxy) is 1. The Morgan fingerprint density at radius 1 is 0.970 bits per heavy atom. The molecule has 0 aliphatic carbocycles. The number of hydrogen-bond acceptors (Lipinski definition) is 6. The summed E-state index contributed by atoms with van der Waals surface area (Å²) in [4.78, 5) is 9.25. The second kappa shape index (κ2) is 7.59. The maximum atomic E-state index is 5.97. The molecule has 0 aliphatic rings. The van der Waals surface area contributed by atoms with Gasteiger partial charge in [0.05, 0.1) is 17.3 Å². The average Bonchev–Trinajstić information content (AvgIpc) is 3.57. The number of hydrogen-bond donors (Lipinski definition) is 0. The van der Waals surface area contributed by atoms with Crippen molar-refractivity contribution in [1.29, 1.82) is 0 Å². The molecule has 8 nitrogen and oxygen atoms in total. The molecule has 0 saturated carbocycles. The van der Waals surface area contributed by atoms with Gasteiger partial charge in [0.2, 0.25) is 5.82 Å². The van der Waals surface area contributed by atoms with E-state index >= 15 is 0 Å². The Morgan fingerprint density at radius 3 is 2.73 bits per heavy atom. The Morgan fingerprint density at radius 2 is 1.85 bits per heavy atom. The van der Waals surface area contributed by atoms with E-state index in [4.69, 9.17) is 14.1 Å². The molecule has 0 fully saturated rings. The number of para-hydroxylation sites is 1. The molecule has 6 aromatic rings. The first-order valence-corrected chi connectivity index (χ1v) is 10.6. The van der Waals surface area contributed by atoms with Gasteiger partial charge >= 0.3 is 0 Å². The summed E-state index contributed by atoms with van der Waals surface area (Å²) in [6.45, 7) is 4.40. The Kier molecular flexibility index (Phi) is 4.43. The third kappa shape index (κ3) is 3.41. The molecule has 0 amide bonds. The topological polar surface area (TPSA) is 83.3 Å². The first-order valence-electron chi connectivity index (χ1n) is 10.6. The van der Waals surface area contributed by atoms with Crippen LogP contribution in [0.2, 0.25) is 0 Å². The van der Waals surface area contributed by atoms with E-state index in [1.54, 1.807) is 21.7 Å². The van der Waals surface area contributed by atoms with Gasteiger partial charge in [0.15, 0.2) is 17.1 Å². The molecule has 0 saturated heterocycles. The zero-order valence-electron chi connectivity index (χ0n) is 18.1. The van der Waals surface area contributed by atoms with E-state index in [-0.39, 0.29) is 0 Å². The number of nitrogens with zero attached hydrogens (tertiary/aromatic N) is 6. The summed E-state index contributed by atoms with van der Waals surface area (Å²) in [6, 6.07) is 19.8. The molecular formula is C25H20N6O2. The Bertz CT molecular complexity index is 1600. The van der Waals surface area contributed by atoms with Crippen LogP contribution in [0.3, 0.4) is 0 Å². The van der Waals surface area contributed by atoms with Crippen molar-refractivity contribution in [1.82, 2.24) is 29.4 Å². The fourth-order valence-corrected chi connectivity index (χ4v) is 3.77. The maximum Gasteiger partial charge on any atom is 0.217 e. The van der Waals surface area contributed by atoms with Gasteiger partial charge in [-0.15, -0.1) is 5.10 Å². The van der Waals surface area contributed by atoms with E-state index in [1.165, 1.54) is 0 Å². The van der Waals surface area contributed by atoms with Crippen LogP contribution < -0.4 is 4.74 Å². The molecule has 0 bridgehead atoms. The monoisotopic (exact) mass is 436 g/mol. The molecule has 4 heterocycles. The standard InChI is InChI=1S/C25H20N6O2/c1-16-8-9-17(2)22(12-16)32-14-19-10-11-21(33-19)23-28-25-20-13-27-31(18-6-4-3-5-7-18)24(20)26-15-30(25)29-23/h3-13,15H,14H2,1-2H3. The summed E-state index contributed by atoms with van der Waals surface area (Å²) in [6.07, 6.45) is 3.40. The van der Waals surface area contributed by atoms with Gasteiger partial charge < -0.3 is 9.15 Å². The average molecular weight is 436 g/mol. The Labute approximate surface area is 189 Å². The normalized spacial score (nSPS) is 11.5. The summed E-state index contributed by atoms with van der Waals surface area (Å²) >= 11 is 0. The first-order chi connectivity index (χ1) is 16.2. The molecule has 33 heavy (non-hydrogen) atoms. The molecule has 6 rings (SSSR count). The summed E-state index contributed by atoms with van der Waals surface area (Å²) < 4.78 is 15.4. The lowest BCUT2D eigenvalue weighted by Crippen LogP contribution is -1.98. The third-order valence-corrected chi connectivity index (χ3v) is 5.50. The van der Waals surface area contributed by atoms with Crippen molar-refractivity contribution >= 4 is 16.7 Å². The van der Waals surface area contributed by atoms with Crippen molar-refractivity contribution in [3.8, 4) is 23.0 Å². The predicted octanol–water partition coefficient (Wildman–Crippen LogP) is 4.92. The lowest BCUT2D eigenvalue weighted by Gasteiger charge is -2.08. The molecule has 4 aromatic heterocycles. The highest BCUT2D eigenvalue weighted by Crippen LogP contribution is 2.25. The molecule has 0 unspecified atom stereocenters. The van der Waals surface area contributed by atoms with Crippen LogP contribution in [0.4, 0.5) is 0 Å². The zero-order chi connectivity index (χ0) is 22.4. The molecule has 0 N–H and O–H groups in total. The Hall–Kier alpha value is -4.46. The minimum atomic E-state index is 0.327. The second-order valence-corrected chi connectivity index (χ2v) is 7.90. The molecular weight excluding hydrogens is 416 g/mol. The summed E-state index contributed by atoms with van der Waals surface area (Å²) in [5.41, 5.74) is 4.56. The van der Waals surface area contributed by atoms with Crippen LogP contribution in [0.25, 0.3) is 34.0 Å². The molecule has 8 heteroatoms. The minimum Gasteiger partial charge on any atom is -0.485 e. The van der Waals surface area contributed by atoms with Gasteiger partial charge in [0, 0.05) is 0 Å². The van der Waals surface area contributed by atoms with E-state index in [0.717, 1.165) is 33.6 Å². The van der Waals surface area contributed by atoms with Gasteiger partial charge in [-0.25, -0.2) is 19.2 Å². The van der Waals surface area contributed by atoms with Crippen LogP contribution in [-0.4, -0.2) is 29.4 Å². The van der Waals surface area contributed by atoms with Gasteiger partial charge in [-0.3, -0.25) is 0 Å². The fourth-order valence-electron chi connectivity index (χ4n) is 3.77. The van der Waals surface area contributed by atoms with Crippen molar-refractivity contribution in [2.45, 2.75) is 20.5 Å². The molecule has 0 aliphatic heterocycles. The molecule has 0 spiro atoms. The van der Waals surface area contributed by atoms with Crippen LogP contribution in [0, 0.1) is 13.8 Å². The van der Waals surface area contributed by atoms with E-state index < -0.39 is 0 Å². The second-order valence-electron chi connectivity index (χ2n) is 7.90. The van der Waals surface area contributed by atoms with Gasteiger partial charge in [-0.1, -0.05) is 30.3 Å². The van der Waals surface area contributed by atoms with Crippen LogP contribution in [0.1, 0.15) is 16.9 Å². The molecule has 162 valence electrons. The quantitative estimate of drug-likeness (QED) is 0.381. The number of benzene rings is 2. The summed E-state index contributed by atoms with van der Waals surface area (Å²) in [7, 11) is 0. The van der Waals surface area contributed by atoms with E-state index in [1.807, 2.05) is 68.4 Å². The van der Waals surface area contributed by atoms with Crippen LogP contribution in [0.15, 0.2) is 77.6 Å². The Balaban J connectivity index is 1.30. The van der Waals surface area contributed by atoms with Crippen molar-refractivity contribution in [2.24, 2.45) is 0 Å². The highest BCUT2D eigenvalue weighted by atomic mass is 16.5. The SMILES string of the molecule is Cc1ccc(C)c(OCc2ccc(-c3nc4c5cnn(-c6ccccc6)c5ncn4n3)o2)c1. The smallest absolute Gasteiger partial charge is 0.217 e. The lowest BCUT2D eigenvalue weighted by atomic mass is 10.1. The van der Waals surface area contributed by atoms with Gasteiger partial charge in [-0.2, -0.15) is 5.10 Å². The number of fused-ring (bicyclic) bond motifs is 3. The number of rotatable bonds is 5. The summed E-state index contributed by atoms with van der Waals surface area (Å²) in [5, 5.41) is 9.86. The van der Waals surface area contributed by atoms with Crippen molar-refractivity contribution < 1.29 is 9.15 Å². The van der Waals surface area contributed by atoms with Crippen molar-refractivity contribution in [3.63, 3.8) is 0 Å². The molecule has 2 aromatic carbocycles. The van der Waals surface area contributed by atoms with Gasteiger partial charge in [0.1, 0.15) is 24.4 Å². The van der Waals surface area contributed by atoms with E-state index in [9.17, 15) is 0 Å². The predicted molar refractivity (Wildman–Crippen MR) is 123 cm³/mol. The largest absolute Gasteiger partial charge is 0.485 e.